The van der Waals surface area contributed by atoms with Gasteiger partial charge in [0.15, 0.2) is 12.4 Å². The third-order valence-electron chi connectivity index (χ3n) is 3.25. The van der Waals surface area contributed by atoms with E-state index in [1.165, 1.54) is 0 Å². The third kappa shape index (κ3) is 5.28. The summed E-state index contributed by atoms with van der Waals surface area (Å²) in [5.74, 6) is -0.528. The molecule has 1 saturated heterocycles. The summed E-state index contributed by atoms with van der Waals surface area (Å²) in [5, 5.41) is 0. The van der Waals surface area contributed by atoms with Gasteiger partial charge in [0.05, 0.1) is 0 Å². The van der Waals surface area contributed by atoms with Crippen LogP contribution < -0.4 is 0 Å². The van der Waals surface area contributed by atoms with Gasteiger partial charge >= 0.3 is 5.97 Å². The number of hydrogen-bond acceptors (Lipinski definition) is 5. The summed E-state index contributed by atoms with van der Waals surface area (Å²) >= 11 is 0. The Bertz CT molecular complexity index is 439. The summed E-state index contributed by atoms with van der Waals surface area (Å²) in [6.45, 7) is 0.793. The molecule has 0 aromatic heterocycles. The van der Waals surface area contributed by atoms with Crippen molar-refractivity contribution in [2.24, 2.45) is 0 Å². The van der Waals surface area contributed by atoms with Crippen molar-refractivity contribution in [2.45, 2.75) is 44.7 Å². The van der Waals surface area contributed by atoms with Gasteiger partial charge in [-0.2, -0.15) is 0 Å². The maximum atomic E-state index is 12.0. The minimum Gasteiger partial charge on any atom is -0.459 e. The first-order valence-electron chi connectivity index (χ1n) is 7.21. The van der Waals surface area contributed by atoms with Crippen LogP contribution in [0.2, 0.25) is 0 Å². The van der Waals surface area contributed by atoms with Crippen molar-refractivity contribution in [1.82, 2.24) is 0 Å². The van der Waals surface area contributed by atoms with Crippen LogP contribution in [-0.4, -0.2) is 31.3 Å². The standard InChI is InChI=1S/C16H20O5/c17-10-9-14(21-15-8-4-5-11-19-15)16(18)20-12-13-6-2-1-3-7-13/h1-3,6-7,10,14-15H,4-5,8-9,11-12H2. The number of hydrogen-bond donors (Lipinski definition) is 0. The lowest BCUT2D eigenvalue weighted by Crippen LogP contribution is -2.34. The lowest BCUT2D eigenvalue weighted by Gasteiger charge is -2.26. The molecule has 1 fully saturated rings. The highest BCUT2D eigenvalue weighted by molar-refractivity contribution is 5.77. The molecule has 0 amide bonds. The lowest BCUT2D eigenvalue weighted by molar-refractivity contribution is -0.204. The van der Waals surface area contributed by atoms with Crippen molar-refractivity contribution >= 4 is 12.3 Å². The van der Waals surface area contributed by atoms with Crippen LogP contribution in [0.25, 0.3) is 0 Å². The van der Waals surface area contributed by atoms with E-state index in [9.17, 15) is 9.59 Å². The van der Waals surface area contributed by atoms with Crippen molar-refractivity contribution in [2.75, 3.05) is 6.61 Å². The second-order valence-electron chi connectivity index (χ2n) is 4.92. The van der Waals surface area contributed by atoms with Gasteiger partial charge in [0.1, 0.15) is 12.9 Å². The maximum absolute atomic E-state index is 12.0. The van der Waals surface area contributed by atoms with Crippen LogP contribution in [-0.2, 0) is 30.4 Å². The summed E-state index contributed by atoms with van der Waals surface area (Å²) in [7, 11) is 0. The Kier molecular flexibility index (Phi) is 6.37. The molecule has 0 radical (unpaired) electrons. The second kappa shape index (κ2) is 8.54. The molecule has 0 saturated carbocycles. The fourth-order valence-electron chi connectivity index (χ4n) is 2.12. The maximum Gasteiger partial charge on any atom is 0.336 e. The normalized spacial score (nSPS) is 19.7. The van der Waals surface area contributed by atoms with Crippen LogP contribution in [0.1, 0.15) is 31.2 Å². The molecule has 2 rings (SSSR count). The molecule has 1 heterocycles. The Morgan fingerprint density at radius 3 is 2.81 bits per heavy atom. The Labute approximate surface area is 124 Å². The van der Waals surface area contributed by atoms with Gasteiger partial charge in [-0.15, -0.1) is 0 Å². The lowest BCUT2D eigenvalue weighted by atomic mass is 10.2. The molecule has 0 bridgehead atoms. The monoisotopic (exact) mass is 292 g/mol. The minimum atomic E-state index is -0.894. The first-order chi connectivity index (χ1) is 10.3. The van der Waals surface area contributed by atoms with Gasteiger partial charge in [-0.05, 0) is 24.8 Å². The fraction of sp³-hybridized carbons (Fsp3) is 0.500. The molecule has 1 aliphatic rings. The van der Waals surface area contributed by atoms with E-state index in [2.05, 4.69) is 0 Å². The second-order valence-corrected chi connectivity index (χ2v) is 4.92. The van der Waals surface area contributed by atoms with E-state index in [1.54, 1.807) is 0 Å². The van der Waals surface area contributed by atoms with Gasteiger partial charge in [0.25, 0.3) is 0 Å². The van der Waals surface area contributed by atoms with E-state index < -0.39 is 18.4 Å². The smallest absolute Gasteiger partial charge is 0.336 e. The van der Waals surface area contributed by atoms with E-state index in [1.807, 2.05) is 30.3 Å². The highest BCUT2D eigenvalue weighted by Gasteiger charge is 2.26. The van der Waals surface area contributed by atoms with E-state index in [0.717, 1.165) is 24.8 Å². The molecule has 1 aromatic rings. The summed E-state index contributed by atoms with van der Waals surface area (Å²) in [5.41, 5.74) is 0.893. The molecule has 2 unspecified atom stereocenters. The van der Waals surface area contributed by atoms with Crippen molar-refractivity contribution < 1.29 is 23.8 Å². The number of benzene rings is 1. The van der Waals surface area contributed by atoms with Gasteiger partial charge in [0.2, 0.25) is 0 Å². The zero-order chi connectivity index (χ0) is 14.9. The minimum absolute atomic E-state index is 0.0204. The van der Waals surface area contributed by atoms with Gasteiger partial charge in [-0.3, -0.25) is 0 Å². The summed E-state index contributed by atoms with van der Waals surface area (Å²) in [4.78, 5) is 22.7. The Morgan fingerprint density at radius 2 is 2.14 bits per heavy atom. The van der Waals surface area contributed by atoms with E-state index in [4.69, 9.17) is 14.2 Å². The van der Waals surface area contributed by atoms with Crippen LogP contribution in [0.3, 0.4) is 0 Å². The molecular weight excluding hydrogens is 272 g/mol. The third-order valence-corrected chi connectivity index (χ3v) is 3.25. The Morgan fingerprint density at radius 1 is 1.33 bits per heavy atom. The number of carbonyl (C=O) groups is 2. The zero-order valence-electron chi connectivity index (χ0n) is 11.9. The van der Waals surface area contributed by atoms with Crippen LogP contribution in [0.5, 0.6) is 0 Å². The van der Waals surface area contributed by atoms with Gasteiger partial charge in [-0.25, -0.2) is 4.79 Å². The zero-order valence-corrected chi connectivity index (χ0v) is 11.9. The molecule has 5 nitrogen and oxygen atoms in total. The predicted octanol–water partition coefficient (Wildman–Crippen LogP) is 2.23. The van der Waals surface area contributed by atoms with Crippen LogP contribution in [0.15, 0.2) is 30.3 Å². The Balaban J connectivity index is 1.84. The fourth-order valence-corrected chi connectivity index (χ4v) is 2.12. The summed E-state index contributed by atoms with van der Waals surface area (Å²) in [6.07, 6.45) is 2.06. The molecule has 0 aliphatic carbocycles. The summed E-state index contributed by atoms with van der Waals surface area (Å²) in [6, 6.07) is 9.38. The van der Waals surface area contributed by atoms with Crippen molar-refractivity contribution in [3.8, 4) is 0 Å². The topological polar surface area (TPSA) is 61.8 Å². The van der Waals surface area contributed by atoms with E-state index in [0.29, 0.717) is 12.9 Å². The molecule has 114 valence electrons. The van der Waals surface area contributed by atoms with Crippen LogP contribution in [0.4, 0.5) is 0 Å². The first-order valence-corrected chi connectivity index (χ1v) is 7.21. The molecule has 2 atom stereocenters. The van der Waals surface area contributed by atoms with Crippen molar-refractivity contribution in [3.05, 3.63) is 35.9 Å². The average molecular weight is 292 g/mol. The predicted molar refractivity (Wildman–Crippen MR) is 75.4 cm³/mol. The first kappa shape index (κ1) is 15.7. The van der Waals surface area contributed by atoms with E-state index in [-0.39, 0.29) is 13.0 Å². The Hall–Kier alpha value is -1.72. The SMILES string of the molecule is O=CCC(OC1CCCCO1)C(=O)OCc1ccccc1. The molecule has 5 heteroatoms. The molecule has 21 heavy (non-hydrogen) atoms. The average Bonchev–Trinajstić information content (AvgIpc) is 2.54. The van der Waals surface area contributed by atoms with Crippen LogP contribution >= 0.6 is 0 Å². The molecule has 1 aliphatic heterocycles. The molecular formula is C16H20O5. The molecule has 0 spiro atoms. The van der Waals surface area contributed by atoms with Crippen molar-refractivity contribution in [1.29, 1.82) is 0 Å². The molecule has 0 N–H and O–H groups in total. The number of rotatable bonds is 7. The van der Waals surface area contributed by atoms with Gasteiger partial charge in [-0.1, -0.05) is 30.3 Å². The number of esters is 1. The summed E-state index contributed by atoms with van der Waals surface area (Å²) < 4.78 is 16.2. The highest BCUT2D eigenvalue weighted by atomic mass is 16.7. The number of aldehydes is 1. The van der Waals surface area contributed by atoms with E-state index >= 15 is 0 Å². The molecule has 1 aromatic carbocycles. The van der Waals surface area contributed by atoms with Crippen molar-refractivity contribution in [3.63, 3.8) is 0 Å². The quantitative estimate of drug-likeness (QED) is 0.569. The number of ether oxygens (including phenoxy) is 3. The largest absolute Gasteiger partial charge is 0.459 e. The highest BCUT2D eigenvalue weighted by Crippen LogP contribution is 2.17. The van der Waals surface area contributed by atoms with Gasteiger partial charge in [0, 0.05) is 13.0 Å². The number of carbonyl (C=O) groups excluding carboxylic acids is 2. The van der Waals surface area contributed by atoms with Gasteiger partial charge < -0.3 is 19.0 Å². The van der Waals surface area contributed by atoms with Crippen LogP contribution in [0, 0.1) is 0 Å².